The maximum Gasteiger partial charge on any atom is 0.184 e. The molecule has 0 aliphatic heterocycles. The molecular weight excluding hydrogens is 208 g/mol. The summed E-state index contributed by atoms with van der Waals surface area (Å²) in [4.78, 5) is 5.93. The highest BCUT2D eigenvalue weighted by atomic mass is 15.1. The lowest BCUT2D eigenvalue weighted by atomic mass is 9.97. The van der Waals surface area contributed by atoms with E-state index in [1.54, 1.807) is 0 Å². The largest absolute Gasteiger partial charge is 0.377 e. The van der Waals surface area contributed by atoms with Gasteiger partial charge in [0.1, 0.15) is 0 Å². The normalized spacial score (nSPS) is 10.7. The highest BCUT2D eigenvalue weighted by Crippen LogP contribution is 2.28. The van der Waals surface area contributed by atoms with Crippen LogP contribution in [0.2, 0.25) is 0 Å². The number of H-pyrrole nitrogens is 1. The number of nitrogens with one attached hydrogen (secondary N) is 1. The van der Waals surface area contributed by atoms with E-state index in [1.807, 2.05) is 0 Å². The average molecular weight is 235 g/mol. The van der Waals surface area contributed by atoms with E-state index in [4.69, 9.17) is 0 Å². The summed E-state index contributed by atoms with van der Waals surface area (Å²) in [5, 5.41) is 0. The summed E-state index contributed by atoms with van der Waals surface area (Å²) in [6, 6.07) is 0. The number of nitrogens with zero attached hydrogens (tertiary/aromatic N) is 1. The van der Waals surface area contributed by atoms with Crippen LogP contribution in [-0.4, -0.2) is 14.1 Å². The van der Waals surface area contributed by atoms with Gasteiger partial charge in [-0.2, -0.15) is 0 Å². The van der Waals surface area contributed by atoms with Gasteiger partial charge in [-0.15, -0.1) is 0 Å². The third-order valence-corrected chi connectivity index (χ3v) is 3.46. The third kappa shape index (κ3) is 2.62. The van der Waals surface area contributed by atoms with Crippen LogP contribution in [-0.2, 0) is 25.7 Å². The SMILES string of the molecule is CCc1[nH+]c(CC)c(CC)c(N(C)C)c1CC. The van der Waals surface area contributed by atoms with Gasteiger partial charge in [0.2, 0.25) is 0 Å². The van der Waals surface area contributed by atoms with Gasteiger partial charge in [-0.05, 0) is 12.8 Å². The molecule has 0 aliphatic rings. The summed E-state index contributed by atoms with van der Waals surface area (Å²) >= 11 is 0. The van der Waals surface area contributed by atoms with Crippen LogP contribution >= 0.6 is 0 Å². The van der Waals surface area contributed by atoms with Crippen molar-refractivity contribution in [1.29, 1.82) is 0 Å². The lowest BCUT2D eigenvalue weighted by Gasteiger charge is -2.21. The lowest BCUT2D eigenvalue weighted by molar-refractivity contribution is -0.402. The molecule has 1 heterocycles. The van der Waals surface area contributed by atoms with Crippen molar-refractivity contribution in [3.8, 4) is 0 Å². The summed E-state index contributed by atoms with van der Waals surface area (Å²) in [6.07, 6.45) is 4.37. The van der Waals surface area contributed by atoms with Gasteiger partial charge in [0.25, 0.3) is 0 Å². The van der Waals surface area contributed by atoms with Crippen molar-refractivity contribution < 1.29 is 4.98 Å². The fourth-order valence-electron chi connectivity index (χ4n) is 2.71. The second kappa shape index (κ2) is 6.04. The summed E-state index contributed by atoms with van der Waals surface area (Å²) in [5.41, 5.74) is 7.25. The number of rotatable bonds is 5. The van der Waals surface area contributed by atoms with Crippen LogP contribution in [0, 0.1) is 0 Å². The molecule has 0 aromatic carbocycles. The maximum absolute atomic E-state index is 3.65. The molecule has 2 nitrogen and oxygen atoms in total. The van der Waals surface area contributed by atoms with Gasteiger partial charge in [-0.1, -0.05) is 27.7 Å². The zero-order chi connectivity index (χ0) is 13.0. The van der Waals surface area contributed by atoms with Crippen molar-refractivity contribution in [3.05, 3.63) is 22.5 Å². The van der Waals surface area contributed by atoms with Gasteiger partial charge in [0.15, 0.2) is 11.4 Å². The minimum Gasteiger partial charge on any atom is -0.377 e. The predicted octanol–water partition coefficient (Wildman–Crippen LogP) is 2.82. The van der Waals surface area contributed by atoms with Gasteiger partial charge in [-0.25, -0.2) is 4.98 Å². The molecule has 0 fully saturated rings. The quantitative estimate of drug-likeness (QED) is 0.767. The Morgan fingerprint density at radius 3 is 1.41 bits per heavy atom. The minimum atomic E-state index is 1.08. The van der Waals surface area contributed by atoms with Crippen molar-refractivity contribution in [2.24, 2.45) is 0 Å². The molecule has 0 aliphatic carbocycles. The first-order chi connectivity index (χ1) is 8.10. The number of anilines is 1. The standard InChI is InChI=1S/C15H26N2/c1-7-11-13(9-3)16-14(10-4)12(8-2)15(11)17(5)6/h7-10H2,1-6H3/p+1. The Bertz CT molecular complexity index is 351. The summed E-state index contributed by atoms with van der Waals surface area (Å²) in [7, 11) is 4.32. The van der Waals surface area contributed by atoms with Gasteiger partial charge < -0.3 is 4.90 Å². The van der Waals surface area contributed by atoms with E-state index in [0.29, 0.717) is 0 Å². The van der Waals surface area contributed by atoms with Gasteiger partial charge in [-0.3, -0.25) is 0 Å². The molecule has 0 saturated heterocycles. The first-order valence-electron chi connectivity index (χ1n) is 6.86. The Balaban J connectivity index is 3.57. The summed E-state index contributed by atoms with van der Waals surface area (Å²) in [6.45, 7) is 8.96. The van der Waals surface area contributed by atoms with Gasteiger partial charge >= 0.3 is 0 Å². The Labute approximate surface area is 106 Å². The molecule has 1 aromatic rings. The van der Waals surface area contributed by atoms with Crippen LogP contribution in [0.3, 0.4) is 0 Å². The molecule has 1 aromatic heterocycles. The Kier molecular flexibility index (Phi) is 4.98. The number of aromatic amines is 1. The van der Waals surface area contributed by atoms with E-state index < -0.39 is 0 Å². The van der Waals surface area contributed by atoms with Crippen LogP contribution in [0.25, 0.3) is 0 Å². The molecule has 96 valence electrons. The molecule has 0 unspecified atom stereocenters. The maximum atomic E-state index is 3.65. The third-order valence-electron chi connectivity index (χ3n) is 3.46. The summed E-state index contributed by atoms with van der Waals surface area (Å²) in [5.74, 6) is 0. The molecule has 2 heteroatoms. The van der Waals surface area contributed by atoms with Crippen LogP contribution in [0.1, 0.15) is 50.2 Å². The monoisotopic (exact) mass is 235 g/mol. The molecule has 0 bridgehead atoms. The van der Waals surface area contributed by atoms with E-state index in [9.17, 15) is 0 Å². The Hall–Kier alpha value is -1.05. The lowest BCUT2D eigenvalue weighted by Crippen LogP contribution is -2.26. The molecule has 0 radical (unpaired) electrons. The molecule has 0 spiro atoms. The number of aryl methyl sites for hydroxylation is 2. The molecule has 1 N–H and O–H groups in total. The number of hydrogen-bond donors (Lipinski definition) is 0. The number of hydrogen-bond acceptors (Lipinski definition) is 1. The van der Waals surface area contributed by atoms with E-state index in [2.05, 4.69) is 51.7 Å². The predicted molar refractivity (Wildman–Crippen MR) is 74.8 cm³/mol. The van der Waals surface area contributed by atoms with E-state index in [0.717, 1.165) is 25.7 Å². The Morgan fingerprint density at radius 1 is 0.765 bits per heavy atom. The van der Waals surface area contributed by atoms with E-state index in [-0.39, 0.29) is 0 Å². The smallest absolute Gasteiger partial charge is 0.184 e. The highest BCUT2D eigenvalue weighted by Gasteiger charge is 2.22. The number of aromatic nitrogens is 1. The van der Waals surface area contributed by atoms with Crippen LogP contribution < -0.4 is 9.88 Å². The zero-order valence-corrected chi connectivity index (χ0v) is 12.3. The van der Waals surface area contributed by atoms with E-state index in [1.165, 1.54) is 28.2 Å². The zero-order valence-electron chi connectivity index (χ0n) is 12.3. The fraction of sp³-hybridized carbons (Fsp3) is 0.667. The second-order valence-corrected chi connectivity index (χ2v) is 4.70. The van der Waals surface area contributed by atoms with Crippen LogP contribution in [0.15, 0.2) is 0 Å². The molecule has 0 atom stereocenters. The molecule has 17 heavy (non-hydrogen) atoms. The second-order valence-electron chi connectivity index (χ2n) is 4.70. The molecule has 1 rings (SSSR count). The summed E-state index contributed by atoms with van der Waals surface area (Å²) < 4.78 is 0. The van der Waals surface area contributed by atoms with Crippen LogP contribution in [0.4, 0.5) is 5.69 Å². The first-order valence-corrected chi connectivity index (χ1v) is 6.86. The van der Waals surface area contributed by atoms with Crippen molar-refractivity contribution in [3.63, 3.8) is 0 Å². The number of pyridine rings is 1. The molecular formula is C15H27N2+. The first kappa shape index (κ1) is 14.0. The van der Waals surface area contributed by atoms with Crippen molar-refractivity contribution in [2.45, 2.75) is 53.4 Å². The Morgan fingerprint density at radius 2 is 1.18 bits per heavy atom. The van der Waals surface area contributed by atoms with Crippen LogP contribution in [0.5, 0.6) is 0 Å². The van der Waals surface area contributed by atoms with Crippen molar-refractivity contribution in [1.82, 2.24) is 0 Å². The fourth-order valence-corrected chi connectivity index (χ4v) is 2.71. The van der Waals surface area contributed by atoms with Gasteiger partial charge in [0.05, 0.1) is 5.69 Å². The van der Waals surface area contributed by atoms with Crippen molar-refractivity contribution in [2.75, 3.05) is 19.0 Å². The average Bonchev–Trinajstić information content (AvgIpc) is 2.35. The minimum absolute atomic E-state index is 1.08. The van der Waals surface area contributed by atoms with Crippen molar-refractivity contribution >= 4 is 5.69 Å². The van der Waals surface area contributed by atoms with Gasteiger partial charge in [0, 0.05) is 38.1 Å². The molecule has 0 saturated carbocycles. The highest BCUT2D eigenvalue weighted by molar-refractivity contribution is 5.60. The molecule has 0 amide bonds. The topological polar surface area (TPSA) is 17.4 Å². The van der Waals surface area contributed by atoms with E-state index >= 15 is 0 Å².